The number of carbonyl (C=O) groups is 1. The Morgan fingerprint density at radius 1 is 1.18 bits per heavy atom. The zero-order valence-corrected chi connectivity index (χ0v) is 23.2. The van der Waals surface area contributed by atoms with Gasteiger partial charge in [-0.25, -0.2) is 19.7 Å². The van der Waals surface area contributed by atoms with Gasteiger partial charge in [-0.05, 0) is 30.7 Å². The number of hydrogen-bond acceptors (Lipinski definition) is 9. The Morgan fingerprint density at radius 3 is 2.69 bits per heavy atom. The molecule has 3 unspecified atom stereocenters. The van der Waals surface area contributed by atoms with E-state index in [4.69, 9.17) is 40.9 Å². The van der Waals surface area contributed by atoms with Crippen LogP contribution in [0.2, 0.25) is 5.02 Å². The summed E-state index contributed by atoms with van der Waals surface area (Å²) in [7, 11) is 1.75. The highest BCUT2D eigenvalue weighted by molar-refractivity contribution is 6.30. The van der Waals surface area contributed by atoms with E-state index in [-0.39, 0.29) is 5.92 Å². The second kappa shape index (κ2) is 10.6. The van der Waals surface area contributed by atoms with Crippen LogP contribution in [0.15, 0.2) is 18.5 Å². The number of amides is 1. The van der Waals surface area contributed by atoms with Crippen molar-refractivity contribution < 1.29 is 19.1 Å². The zero-order chi connectivity index (χ0) is 27.1. The summed E-state index contributed by atoms with van der Waals surface area (Å²) in [6.45, 7) is 6.41. The maximum atomic E-state index is 11.8. The number of ether oxygens (including phenoxy) is 2. The van der Waals surface area contributed by atoms with Crippen LogP contribution in [0.1, 0.15) is 63.8 Å². The van der Waals surface area contributed by atoms with Crippen LogP contribution in [-0.2, 0) is 26.5 Å². The molecule has 0 bridgehead atoms. The molecular weight excluding hydrogens is 522 g/mol. The van der Waals surface area contributed by atoms with Crippen molar-refractivity contribution in [3.63, 3.8) is 0 Å². The highest BCUT2D eigenvalue weighted by Gasteiger charge is 2.46. The smallest absolute Gasteiger partial charge is 0.381 e. The number of fused-ring (bicyclic) bond motifs is 1. The monoisotopic (exact) mass is 555 g/mol. The minimum Gasteiger partial charge on any atom is -0.381 e. The van der Waals surface area contributed by atoms with Crippen molar-refractivity contribution in [3.05, 3.63) is 35.1 Å². The SMILES string of the molecule is COC1(c2nc3nc(C4NOC(=O)N4)nc(-c4cncc(Cl)c4)c3n2CC2CCC(C)CC2)CCOCC1C. The number of rotatable bonds is 6. The Bertz CT molecular complexity index is 1380. The van der Waals surface area contributed by atoms with Crippen molar-refractivity contribution in [1.29, 1.82) is 0 Å². The lowest BCUT2D eigenvalue weighted by Gasteiger charge is -2.41. The Morgan fingerprint density at radius 2 is 2.00 bits per heavy atom. The second-order valence-corrected chi connectivity index (χ2v) is 11.5. The molecule has 0 spiro atoms. The van der Waals surface area contributed by atoms with Crippen molar-refractivity contribution in [2.24, 2.45) is 17.8 Å². The highest BCUT2D eigenvalue weighted by atomic mass is 35.5. The van der Waals surface area contributed by atoms with Crippen LogP contribution in [0.4, 0.5) is 4.79 Å². The van der Waals surface area contributed by atoms with Crippen LogP contribution in [-0.4, -0.2) is 50.9 Å². The molecule has 208 valence electrons. The molecule has 6 rings (SSSR count). The van der Waals surface area contributed by atoms with E-state index in [0.717, 1.165) is 42.2 Å². The normalized spacial score (nSPS) is 29.4. The van der Waals surface area contributed by atoms with Gasteiger partial charge in [0.2, 0.25) is 0 Å². The summed E-state index contributed by atoms with van der Waals surface area (Å²) in [5, 5.41) is 3.19. The molecule has 2 aliphatic heterocycles. The first-order valence-electron chi connectivity index (χ1n) is 13.6. The Kier molecular flexibility index (Phi) is 7.17. The van der Waals surface area contributed by atoms with Gasteiger partial charge in [0.05, 0.1) is 11.6 Å². The van der Waals surface area contributed by atoms with Gasteiger partial charge in [0.25, 0.3) is 0 Å². The highest BCUT2D eigenvalue weighted by Crippen LogP contribution is 2.43. The summed E-state index contributed by atoms with van der Waals surface area (Å²) in [5.41, 5.74) is 4.71. The number of nitrogens with zero attached hydrogens (tertiary/aromatic N) is 5. The van der Waals surface area contributed by atoms with Gasteiger partial charge >= 0.3 is 6.09 Å². The van der Waals surface area contributed by atoms with Gasteiger partial charge in [-0.3, -0.25) is 10.3 Å². The fourth-order valence-corrected chi connectivity index (χ4v) is 6.37. The standard InChI is InChI=1S/C27H34ClN7O4/c1-15-4-6-17(7-5-15)13-35-21-20(18-10-19(28)12-29-11-18)30-23(24-33-26(36)39-34-24)31-22(21)32-25(35)27(37-3)8-9-38-14-16(27)2/h10-12,15-17,24,34H,4-9,13-14H2,1-3H3,(H,33,36). The summed E-state index contributed by atoms with van der Waals surface area (Å²) in [6.07, 6.45) is 7.42. The maximum Gasteiger partial charge on any atom is 0.427 e. The quantitative estimate of drug-likeness (QED) is 0.452. The molecule has 39 heavy (non-hydrogen) atoms. The molecule has 1 aliphatic carbocycles. The van der Waals surface area contributed by atoms with E-state index in [9.17, 15) is 4.79 Å². The molecule has 2 N–H and O–H groups in total. The maximum absolute atomic E-state index is 11.8. The number of carbonyl (C=O) groups excluding carboxylic acids is 1. The van der Waals surface area contributed by atoms with Crippen LogP contribution in [0, 0.1) is 17.8 Å². The molecule has 3 atom stereocenters. The van der Waals surface area contributed by atoms with E-state index in [1.165, 1.54) is 12.8 Å². The van der Waals surface area contributed by atoms with Gasteiger partial charge in [-0.1, -0.05) is 38.3 Å². The van der Waals surface area contributed by atoms with E-state index in [1.807, 2.05) is 6.07 Å². The molecule has 3 fully saturated rings. The molecule has 0 aromatic carbocycles. The first kappa shape index (κ1) is 26.4. The fraction of sp³-hybridized carbons (Fsp3) is 0.593. The van der Waals surface area contributed by atoms with Crippen molar-refractivity contribution in [2.45, 2.75) is 64.3 Å². The third kappa shape index (κ3) is 4.86. The number of aromatic nitrogens is 5. The predicted octanol–water partition coefficient (Wildman–Crippen LogP) is 4.51. The topological polar surface area (TPSA) is 125 Å². The third-order valence-corrected chi connectivity index (χ3v) is 8.70. The van der Waals surface area contributed by atoms with Crippen molar-refractivity contribution >= 4 is 28.9 Å². The number of imidazole rings is 1. The molecule has 3 aliphatic rings. The lowest BCUT2D eigenvalue weighted by Crippen LogP contribution is -2.45. The average Bonchev–Trinajstić information content (AvgIpc) is 3.54. The van der Waals surface area contributed by atoms with Gasteiger partial charge in [-0.15, -0.1) is 5.48 Å². The summed E-state index contributed by atoms with van der Waals surface area (Å²) in [6, 6.07) is 1.83. The molecule has 11 nitrogen and oxygen atoms in total. The van der Waals surface area contributed by atoms with Crippen LogP contribution in [0.25, 0.3) is 22.4 Å². The third-order valence-electron chi connectivity index (χ3n) is 8.49. The molecule has 3 aromatic heterocycles. The molecule has 2 saturated heterocycles. The van der Waals surface area contributed by atoms with E-state index < -0.39 is 17.9 Å². The van der Waals surface area contributed by atoms with Crippen molar-refractivity contribution in [2.75, 3.05) is 20.3 Å². The summed E-state index contributed by atoms with van der Waals surface area (Å²) in [5.74, 6) is 2.48. The Balaban J connectivity index is 1.59. The van der Waals surface area contributed by atoms with Crippen LogP contribution in [0.5, 0.6) is 0 Å². The summed E-state index contributed by atoms with van der Waals surface area (Å²) < 4.78 is 14.4. The molecule has 1 amide bonds. The number of pyridine rings is 1. The molecule has 3 aromatic rings. The van der Waals surface area contributed by atoms with Gasteiger partial charge in [-0.2, -0.15) is 0 Å². The lowest BCUT2D eigenvalue weighted by molar-refractivity contribution is -0.141. The van der Waals surface area contributed by atoms with Crippen LogP contribution >= 0.6 is 11.6 Å². The van der Waals surface area contributed by atoms with Gasteiger partial charge in [0.1, 0.15) is 22.6 Å². The zero-order valence-electron chi connectivity index (χ0n) is 22.4. The first-order valence-corrected chi connectivity index (χ1v) is 14.0. The minimum atomic E-state index is -0.723. The van der Waals surface area contributed by atoms with E-state index in [2.05, 4.69) is 34.2 Å². The number of methoxy groups -OCH3 is 1. The molecule has 5 heterocycles. The number of hydroxylamine groups is 1. The second-order valence-electron chi connectivity index (χ2n) is 11.1. The van der Waals surface area contributed by atoms with Crippen LogP contribution < -0.4 is 10.8 Å². The molecule has 0 radical (unpaired) electrons. The molecular formula is C27H34ClN7O4. The van der Waals surface area contributed by atoms with Gasteiger partial charge in [0.15, 0.2) is 17.6 Å². The van der Waals surface area contributed by atoms with Crippen LogP contribution in [0.3, 0.4) is 0 Å². The molecule has 12 heteroatoms. The van der Waals surface area contributed by atoms with Crippen molar-refractivity contribution in [1.82, 2.24) is 35.3 Å². The number of hydrogen-bond donors (Lipinski definition) is 2. The van der Waals surface area contributed by atoms with Gasteiger partial charge in [0, 0.05) is 50.6 Å². The van der Waals surface area contributed by atoms with E-state index in [0.29, 0.717) is 47.7 Å². The van der Waals surface area contributed by atoms with E-state index >= 15 is 0 Å². The first-order chi connectivity index (χ1) is 18.9. The summed E-state index contributed by atoms with van der Waals surface area (Å²) in [4.78, 5) is 35.9. The number of nitrogens with one attached hydrogen (secondary N) is 2. The largest absolute Gasteiger partial charge is 0.427 e. The average molecular weight is 556 g/mol. The minimum absolute atomic E-state index is 0.0751. The van der Waals surface area contributed by atoms with E-state index in [1.54, 1.807) is 19.5 Å². The fourth-order valence-electron chi connectivity index (χ4n) is 6.19. The Hall–Kier alpha value is -2.86. The molecule has 1 saturated carbocycles. The predicted molar refractivity (Wildman–Crippen MR) is 143 cm³/mol. The summed E-state index contributed by atoms with van der Waals surface area (Å²) >= 11 is 6.38. The number of halogens is 1. The lowest BCUT2D eigenvalue weighted by atomic mass is 9.81. The Labute approximate surface area is 232 Å². The van der Waals surface area contributed by atoms with Gasteiger partial charge < -0.3 is 18.9 Å². The van der Waals surface area contributed by atoms with Crippen molar-refractivity contribution in [3.8, 4) is 11.3 Å².